The van der Waals surface area contributed by atoms with Crippen LogP contribution in [0.25, 0.3) is 0 Å². The van der Waals surface area contributed by atoms with Gasteiger partial charge in [-0.25, -0.2) is 0 Å². The fourth-order valence-electron chi connectivity index (χ4n) is 1.92. The zero-order valence-electron chi connectivity index (χ0n) is 10.8. The number of carbonyl (C=O) groups is 1. The van der Waals surface area contributed by atoms with E-state index in [0.29, 0.717) is 6.54 Å². The Morgan fingerprint density at radius 2 is 2.18 bits per heavy atom. The number of carboxylic acids is 1. The molecule has 1 aromatic rings. The Hall–Kier alpha value is -1.51. The van der Waals surface area contributed by atoms with Gasteiger partial charge in [0.1, 0.15) is 0 Å². The largest absolute Gasteiger partial charge is 0.481 e. The molecule has 3 nitrogen and oxygen atoms in total. The van der Waals surface area contributed by atoms with E-state index in [2.05, 4.69) is 37.4 Å². The van der Waals surface area contributed by atoms with Gasteiger partial charge in [-0.2, -0.15) is 0 Å². The van der Waals surface area contributed by atoms with Gasteiger partial charge in [-0.1, -0.05) is 32.0 Å². The monoisotopic (exact) mass is 235 g/mol. The van der Waals surface area contributed by atoms with Crippen molar-refractivity contribution in [1.29, 1.82) is 0 Å². The first-order chi connectivity index (χ1) is 8.04. The molecule has 17 heavy (non-hydrogen) atoms. The van der Waals surface area contributed by atoms with Gasteiger partial charge in [0, 0.05) is 18.7 Å². The summed E-state index contributed by atoms with van der Waals surface area (Å²) < 4.78 is 0. The molecule has 1 rings (SSSR count). The Kier molecular flexibility index (Phi) is 5.01. The first-order valence-electron chi connectivity index (χ1n) is 6.08. The average molecular weight is 235 g/mol. The smallest absolute Gasteiger partial charge is 0.303 e. The van der Waals surface area contributed by atoms with Crippen LogP contribution in [0.5, 0.6) is 0 Å². The molecule has 94 valence electrons. The number of para-hydroxylation sites is 1. The summed E-state index contributed by atoms with van der Waals surface area (Å²) in [7, 11) is 0. The Morgan fingerprint density at radius 3 is 2.76 bits per heavy atom. The molecular weight excluding hydrogens is 214 g/mol. The van der Waals surface area contributed by atoms with Crippen molar-refractivity contribution in [1.82, 2.24) is 0 Å². The molecule has 0 radical (unpaired) electrons. The van der Waals surface area contributed by atoms with Gasteiger partial charge >= 0.3 is 5.97 Å². The molecule has 0 aliphatic rings. The lowest BCUT2D eigenvalue weighted by molar-refractivity contribution is -0.137. The highest BCUT2D eigenvalue weighted by Crippen LogP contribution is 2.21. The van der Waals surface area contributed by atoms with Gasteiger partial charge in [-0.05, 0) is 30.4 Å². The highest BCUT2D eigenvalue weighted by molar-refractivity contribution is 5.67. The number of carboxylic acid groups (broad SMARTS) is 1. The number of aliphatic carboxylic acids is 1. The summed E-state index contributed by atoms with van der Waals surface area (Å²) in [5, 5.41) is 12.1. The maximum absolute atomic E-state index is 10.6. The number of aryl methyl sites for hydroxylation is 2. The van der Waals surface area contributed by atoms with E-state index in [9.17, 15) is 4.79 Å². The minimum atomic E-state index is -0.736. The fraction of sp³-hybridized carbons (Fsp3) is 0.500. The minimum absolute atomic E-state index is 0.136. The first-order valence-corrected chi connectivity index (χ1v) is 6.08. The molecule has 3 heteroatoms. The van der Waals surface area contributed by atoms with Gasteiger partial charge in [-0.3, -0.25) is 4.79 Å². The van der Waals surface area contributed by atoms with Gasteiger partial charge in [-0.15, -0.1) is 0 Å². The quantitative estimate of drug-likeness (QED) is 0.796. The zero-order chi connectivity index (χ0) is 12.8. The molecule has 0 heterocycles. The number of hydrogen-bond acceptors (Lipinski definition) is 2. The third-order valence-corrected chi connectivity index (χ3v) is 2.89. The van der Waals surface area contributed by atoms with Crippen LogP contribution in [0.15, 0.2) is 18.2 Å². The average Bonchev–Trinajstić information content (AvgIpc) is 2.26. The molecule has 0 fully saturated rings. The van der Waals surface area contributed by atoms with E-state index in [1.165, 1.54) is 11.1 Å². The number of hydrogen-bond donors (Lipinski definition) is 2. The van der Waals surface area contributed by atoms with Gasteiger partial charge in [0.25, 0.3) is 0 Å². The van der Waals surface area contributed by atoms with E-state index in [0.717, 1.165) is 12.1 Å². The van der Waals surface area contributed by atoms with Crippen LogP contribution in [-0.2, 0) is 11.2 Å². The van der Waals surface area contributed by atoms with E-state index < -0.39 is 5.97 Å². The molecule has 0 amide bonds. The second kappa shape index (κ2) is 6.28. The SMILES string of the molecule is CCc1cccc(C)c1NCC(C)CC(=O)O. The molecule has 0 saturated heterocycles. The topological polar surface area (TPSA) is 49.3 Å². The summed E-state index contributed by atoms with van der Waals surface area (Å²) in [4.78, 5) is 10.6. The summed E-state index contributed by atoms with van der Waals surface area (Å²) in [6.45, 7) is 6.85. The van der Waals surface area contributed by atoms with E-state index in [4.69, 9.17) is 5.11 Å². The lowest BCUT2D eigenvalue weighted by atomic mass is 10.0. The third kappa shape index (κ3) is 4.10. The normalized spacial score (nSPS) is 12.2. The number of anilines is 1. The van der Waals surface area contributed by atoms with Crippen LogP contribution < -0.4 is 5.32 Å². The summed E-state index contributed by atoms with van der Waals surface area (Å²) >= 11 is 0. The molecule has 0 aliphatic carbocycles. The van der Waals surface area contributed by atoms with Crippen LogP contribution in [-0.4, -0.2) is 17.6 Å². The van der Waals surface area contributed by atoms with Gasteiger partial charge in [0.15, 0.2) is 0 Å². The molecule has 0 bridgehead atoms. The lowest BCUT2D eigenvalue weighted by Gasteiger charge is -2.16. The van der Waals surface area contributed by atoms with Gasteiger partial charge in [0.05, 0.1) is 0 Å². The van der Waals surface area contributed by atoms with E-state index in [1.807, 2.05) is 6.92 Å². The molecule has 0 saturated carbocycles. The van der Waals surface area contributed by atoms with Crippen molar-refractivity contribution in [3.05, 3.63) is 29.3 Å². The minimum Gasteiger partial charge on any atom is -0.481 e. The van der Waals surface area contributed by atoms with Crippen molar-refractivity contribution in [2.45, 2.75) is 33.6 Å². The first kappa shape index (κ1) is 13.6. The van der Waals surface area contributed by atoms with Gasteiger partial charge < -0.3 is 10.4 Å². The predicted molar refractivity (Wildman–Crippen MR) is 70.5 cm³/mol. The highest BCUT2D eigenvalue weighted by atomic mass is 16.4. The number of nitrogens with one attached hydrogen (secondary N) is 1. The summed E-state index contributed by atoms with van der Waals surface area (Å²) in [6.07, 6.45) is 1.19. The molecule has 2 N–H and O–H groups in total. The lowest BCUT2D eigenvalue weighted by Crippen LogP contribution is -2.16. The predicted octanol–water partition coefficient (Wildman–Crippen LogP) is 3.08. The summed E-state index contributed by atoms with van der Waals surface area (Å²) in [5.74, 6) is -0.600. The fourth-order valence-corrected chi connectivity index (χ4v) is 1.92. The van der Waals surface area contributed by atoms with E-state index in [-0.39, 0.29) is 12.3 Å². The van der Waals surface area contributed by atoms with Crippen molar-refractivity contribution < 1.29 is 9.90 Å². The molecule has 0 spiro atoms. The van der Waals surface area contributed by atoms with Crippen LogP contribution in [0, 0.1) is 12.8 Å². The van der Waals surface area contributed by atoms with Crippen molar-refractivity contribution in [3.63, 3.8) is 0 Å². The molecule has 0 aromatic heterocycles. The van der Waals surface area contributed by atoms with Crippen LogP contribution in [0.1, 0.15) is 31.4 Å². The van der Waals surface area contributed by atoms with Crippen LogP contribution >= 0.6 is 0 Å². The molecule has 1 aromatic carbocycles. The molecule has 0 aliphatic heterocycles. The zero-order valence-corrected chi connectivity index (χ0v) is 10.8. The third-order valence-electron chi connectivity index (χ3n) is 2.89. The molecular formula is C14H21NO2. The van der Waals surface area contributed by atoms with Crippen LogP contribution in [0.3, 0.4) is 0 Å². The Balaban J connectivity index is 2.65. The van der Waals surface area contributed by atoms with E-state index in [1.54, 1.807) is 0 Å². The number of rotatable bonds is 6. The summed E-state index contributed by atoms with van der Waals surface area (Å²) in [6, 6.07) is 6.24. The van der Waals surface area contributed by atoms with Crippen molar-refractivity contribution in [2.24, 2.45) is 5.92 Å². The second-order valence-electron chi connectivity index (χ2n) is 4.55. The van der Waals surface area contributed by atoms with Crippen LogP contribution in [0.4, 0.5) is 5.69 Å². The molecule has 1 atom stereocenters. The Labute approximate surface area is 103 Å². The molecule has 1 unspecified atom stereocenters. The van der Waals surface area contributed by atoms with E-state index >= 15 is 0 Å². The van der Waals surface area contributed by atoms with Crippen LogP contribution in [0.2, 0.25) is 0 Å². The standard InChI is InChI=1S/C14H21NO2/c1-4-12-7-5-6-11(3)14(12)15-9-10(2)8-13(16)17/h5-7,10,15H,4,8-9H2,1-3H3,(H,16,17). The Morgan fingerprint density at radius 1 is 1.47 bits per heavy atom. The second-order valence-corrected chi connectivity index (χ2v) is 4.55. The van der Waals surface area contributed by atoms with Gasteiger partial charge in [0.2, 0.25) is 0 Å². The van der Waals surface area contributed by atoms with Crippen molar-refractivity contribution in [3.8, 4) is 0 Å². The van der Waals surface area contributed by atoms with Crippen molar-refractivity contribution in [2.75, 3.05) is 11.9 Å². The highest BCUT2D eigenvalue weighted by Gasteiger charge is 2.09. The maximum atomic E-state index is 10.6. The number of benzene rings is 1. The maximum Gasteiger partial charge on any atom is 0.303 e. The van der Waals surface area contributed by atoms with Crippen molar-refractivity contribution >= 4 is 11.7 Å². The Bertz CT molecular complexity index is 388. The summed E-state index contributed by atoms with van der Waals surface area (Å²) in [5.41, 5.74) is 3.66.